The number of hydrogen-bond donors (Lipinski definition) is 2. The molecule has 1 aromatic rings. The quantitative estimate of drug-likeness (QED) is 0.727. The molecule has 0 spiro atoms. The fourth-order valence-corrected chi connectivity index (χ4v) is 0.850. The van der Waals surface area contributed by atoms with Crippen LogP contribution in [0.3, 0.4) is 0 Å². The second kappa shape index (κ2) is 4.30. The molecule has 0 aliphatic heterocycles. The van der Waals surface area contributed by atoms with Crippen LogP contribution in [0.1, 0.15) is 5.56 Å². The summed E-state index contributed by atoms with van der Waals surface area (Å²) in [5, 5.41) is 10.6. The van der Waals surface area contributed by atoms with Crippen LogP contribution < -0.4 is 10.1 Å². The van der Waals surface area contributed by atoms with E-state index >= 15 is 0 Å². The molecule has 0 aliphatic carbocycles. The van der Waals surface area contributed by atoms with Crippen molar-refractivity contribution in [1.82, 2.24) is 10.3 Å². The number of carbonyl (C=O) groups is 1. The molecule has 1 amide bonds. The summed E-state index contributed by atoms with van der Waals surface area (Å²) in [4.78, 5) is 14.1. The van der Waals surface area contributed by atoms with Gasteiger partial charge in [0.25, 0.3) is 0 Å². The highest BCUT2D eigenvalue weighted by molar-refractivity contribution is 5.64. The molecule has 0 atom stereocenters. The normalized spacial score (nSPS) is 9.31. The predicted molar refractivity (Wildman–Crippen MR) is 45.7 cm³/mol. The number of pyridine rings is 1. The molecular formula is C8H10N2O3. The van der Waals surface area contributed by atoms with Gasteiger partial charge in [-0.3, -0.25) is 0 Å². The number of rotatable bonds is 3. The number of methoxy groups -OCH3 is 1. The van der Waals surface area contributed by atoms with Gasteiger partial charge in [0.1, 0.15) is 0 Å². The first kappa shape index (κ1) is 9.31. The molecular weight excluding hydrogens is 172 g/mol. The largest absolute Gasteiger partial charge is 0.481 e. The van der Waals surface area contributed by atoms with E-state index in [0.717, 1.165) is 5.56 Å². The molecule has 70 valence electrons. The Morgan fingerprint density at radius 2 is 2.54 bits per heavy atom. The van der Waals surface area contributed by atoms with E-state index in [1.54, 1.807) is 18.3 Å². The highest BCUT2D eigenvalue weighted by atomic mass is 16.5. The summed E-state index contributed by atoms with van der Waals surface area (Å²) in [5.41, 5.74) is 0.814. The topological polar surface area (TPSA) is 71.5 Å². The van der Waals surface area contributed by atoms with Crippen LogP contribution in [0.4, 0.5) is 4.79 Å². The maximum Gasteiger partial charge on any atom is 0.404 e. The minimum absolute atomic E-state index is 0.258. The molecule has 13 heavy (non-hydrogen) atoms. The van der Waals surface area contributed by atoms with Crippen LogP contribution in [0.2, 0.25) is 0 Å². The molecule has 0 aromatic carbocycles. The van der Waals surface area contributed by atoms with Crippen LogP contribution in [-0.2, 0) is 6.54 Å². The maximum atomic E-state index is 10.2. The fourth-order valence-electron chi connectivity index (χ4n) is 0.850. The summed E-state index contributed by atoms with van der Waals surface area (Å²) in [7, 11) is 1.51. The lowest BCUT2D eigenvalue weighted by Gasteiger charge is -2.02. The Morgan fingerprint density at radius 3 is 3.15 bits per heavy atom. The molecule has 1 heterocycles. The Morgan fingerprint density at radius 1 is 1.77 bits per heavy atom. The molecule has 5 nitrogen and oxygen atoms in total. The lowest BCUT2D eigenvalue weighted by atomic mass is 10.3. The Labute approximate surface area is 75.4 Å². The molecule has 1 aromatic heterocycles. The molecule has 0 radical (unpaired) electrons. The molecule has 5 heteroatoms. The Kier molecular flexibility index (Phi) is 3.08. The van der Waals surface area contributed by atoms with Gasteiger partial charge < -0.3 is 15.2 Å². The van der Waals surface area contributed by atoms with E-state index in [-0.39, 0.29) is 6.54 Å². The van der Waals surface area contributed by atoms with Gasteiger partial charge in [0.05, 0.1) is 7.11 Å². The average molecular weight is 182 g/mol. The number of carboxylic acid groups (broad SMARTS) is 1. The van der Waals surface area contributed by atoms with E-state index in [9.17, 15) is 4.79 Å². The van der Waals surface area contributed by atoms with Crippen molar-refractivity contribution in [2.24, 2.45) is 0 Å². The summed E-state index contributed by atoms with van der Waals surface area (Å²) < 4.78 is 4.88. The van der Waals surface area contributed by atoms with Gasteiger partial charge in [-0.15, -0.1) is 0 Å². The second-order valence-electron chi connectivity index (χ2n) is 2.37. The SMILES string of the molecule is COc1cc(CNC(=O)O)ccn1. The summed E-state index contributed by atoms with van der Waals surface area (Å²) in [6.07, 6.45) is 0.522. The van der Waals surface area contributed by atoms with E-state index in [2.05, 4.69) is 10.3 Å². The molecule has 0 aliphatic rings. The highest BCUT2D eigenvalue weighted by Crippen LogP contribution is 2.07. The van der Waals surface area contributed by atoms with Crippen LogP contribution in [0.5, 0.6) is 5.88 Å². The zero-order chi connectivity index (χ0) is 9.68. The summed E-state index contributed by atoms with van der Waals surface area (Å²) in [6, 6.07) is 3.40. The Bertz CT molecular complexity index is 301. The van der Waals surface area contributed by atoms with Crippen molar-refractivity contribution in [3.8, 4) is 5.88 Å². The van der Waals surface area contributed by atoms with Crippen LogP contribution in [-0.4, -0.2) is 23.3 Å². The van der Waals surface area contributed by atoms with Crippen LogP contribution in [0.15, 0.2) is 18.3 Å². The molecule has 0 fully saturated rings. The lowest BCUT2D eigenvalue weighted by molar-refractivity contribution is 0.194. The third-order valence-corrected chi connectivity index (χ3v) is 1.45. The first-order chi connectivity index (χ1) is 6.22. The summed E-state index contributed by atoms with van der Waals surface area (Å²) in [5.74, 6) is 0.477. The van der Waals surface area contributed by atoms with Gasteiger partial charge in [-0.1, -0.05) is 0 Å². The first-order valence-electron chi connectivity index (χ1n) is 3.68. The van der Waals surface area contributed by atoms with E-state index in [4.69, 9.17) is 9.84 Å². The van der Waals surface area contributed by atoms with Gasteiger partial charge in [0, 0.05) is 18.8 Å². The number of aromatic nitrogens is 1. The van der Waals surface area contributed by atoms with Crippen molar-refractivity contribution < 1.29 is 14.6 Å². The summed E-state index contributed by atoms with van der Waals surface area (Å²) >= 11 is 0. The lowest BCUT2D eigenvalue weighted by Crippen LogP contribution is -2.19. The monoisotopic (exact) mass is 182 g/mol. The number of amides is 1. The maximum absolute atomic E-state index is 10.2. The van der Waals surface area contributed by atoms with Crippen molar-refractivity contribution in [2.45, 2.75) is 6.54 Å². The molecule has 0 saturated carbocycles. The summed E-state index contributed by atoms with van der Waals surface area (Å²) in [6.45, 7) is 0.258. The number of nitrogens with one attached hydrogen (secondary N) is 1. The predicted octanol–water partition coefficient (Wildman–Crippen LogP) is 0.858. The van der Waals surface area contributed by atoms with E-state index in [0.29, 0.717) is 5.88 Å². The van der Waals surface area contributed by atoms with Gasteiger partial charge in [-0.05, 0) is 11.6 Å². The smallest absolute Gasteiger partial charge is 0.404 e. The highest BCUT2D eigenvalue weighted by Gasteiger charge is 1.98. The van der Waals surface area contributed by atoms with Crippen LogP contribution >= 0.6 is 0 Å². The molecule has 0 unspecified atom stereocenters. The van der Waals surface area contributed by atoms with Crippen molar-refractivity contribution in [1.29, 1.82) is 0 Å². The first-order valence-corrected chi connectivity index (χ1v) is 3.68. The Hall–Kier alpha value is -1.78. The van der Waals surface area contributed by atoms with Gasteiger partial charge in [0.2, 0.25) is 5.88 Å². The second-order valence-corrected chi connectivity index (χ2v) is 2.37. The number of nitrogens with zero attached hydrogens (tertiary/aromatic N) is 1. The number of ether oxygens (including phenoxy) is 1. The zero-order valence-corrected chi connectivity index (χ0v) is 7.15. The standard InChI is InChI=1S/C8H10N2O3/c1-13-7-4-6(2-3-9-7)5-10-8(11)12/h2-4,10H,5H2,1H3,(H,11,12). The molecule has 1 rings (SSSR count). The minimum Gasteiger partial charge on any atom is -0.481 e. The molecule has 0 bridgehead atoms. The van der Waals surface area contributed by atoms with Gasteiger partial charge in [0.15, 0.2) is 0 Å². The van der Waals surface area contributed by atoms with E-state index in [1.807, 2.05) is 0 Å². The van der Waals surface area contributed by atoms with Gasteiger partial charge in [-0.25, -0.2) is 9.78 Å². The van der Waals surface area contributed by atoms with Crippen LogP contribution in [0, 0.1) is 0 Å². The van der Waals surface area contributed by atoms with Crippen molar-refractivity contribution in [3.05, 3.63) is 23.9 Å². The van der Waals surface area contributed by atoms with Crippen LogP contribution in [0.25, 0.3) is 0 Å². The minimum atomic E-state index is -1.05. The van der Waals surface area contributed by atoms with E-state index in [1.165, 1.54) is 7.11 Å². The van der Waals surface area contributed by atoms with Crippen molar-refractivity contribution >= 4 is 6.09 Å². The number of hydrogen-bond acceptors (Lipinski definition) is 3. The molecule has 0 saturated heterocycles. The third-order valence-electron chi connectivity index (χ3n) is 1.45. The molecule has 2 N–H and O–H groups in total. The zero-order valence-electron chi connectivity index (χ0n) is 7.15. The fraction of sp³-hybridized carbons (Fsp3) is 0.250. The van der Waals surface area contributed by atoms with E-state index < -0.39 is 6.09 Å². The third kappa shape index (κ3) is 2.98. The van der Waals surface area contributed by atoms with Gasteiger partial charge >= 0.3 is 6.09 Å². The Balaban J connectivity index is 2.61. The van der Waals surface area contributed by atoms with Crippen molar-refractivity contribution in [3.63, 3.8) is 0 Å². The van der Waals surface area contributed by atoms with Crippen molar-refractivity contribution in [2.75, 3.05) is 7.11 Å². The van der Waals surface area contributed by atoms with Gasteiger partial charge in [-0.2, -0.15) is 0 Å². The average Bonchev–Trinajstić information content (AvgIpc) is 2.15.